The molecule has 0 rings (SSSR count). The van der Waals surface area contributed by atoms with Gasteiger partial charge in [0.05, 0.1) is 11.7 Å². The molecular formula is C11H23NO4S. The molecule has 1 unspecified atom stereocenters. The first-order chi connectivity index (χ1) is 7.64. The van der Waals surface area contributed by atoms with Gasteiger partial charge in [0, 0.05) is 6.54 Å². The van der Waals surface area contributed by atoms with E-state index in [2.05, 4.69) is 4.72 Å². The SMILES string of the molecule is CC(C)CC(CNS(=O)(=O)CC(C)C)C(=O)O. The molecule has 0 heterocycles. The lowest BCUT2D eigenvalue weighted by molar-refractivity contribution is -0.142. The summed E-state index contributed by atoms with van der Waals surface area (Å²) in [5.74, 6) is -1.32. The molecule has 0 aromatic carbocycles. The predicted molar refractivity (Wildman–Crippen MR) is 67.2 cm³/mol. The van der Waals surface area contributed by atoms with Crippen LogP contribution in [0.25, 0.3) is 0 Å². The second-order valence-electron chi connectivity index (χ2n) is 5.19. The van der Waals surface area contributed by atoms with Crippen LogP contribution in [0.2, 0.25) is 0 Å². The highest BCUT2D eigenvalue weighted by Crippen LogP contribution is 2.11. The van der Waals surface area contributed by atoms with Crippen LogP contribution in [0.5, 0.6) is 0 Å². The highest BCUT2D eigenvalue weighted by atomic mass is 32.2. The monoisotopic (exact) mass is 265 g/mol. The van der Waals surface area contributed by atoms with Gasteiger partial charge < -0.3 is 5.11 Å². The fraction of sp³-hybridized carbons (Fsp3) is 0.909. The Kier molecular flexibility index (Phi) is 6.70. The van der Waals surface area contributed by atoms with Crippen molar-refractivity contribution in [3.63, 3.8) is 0 Å². The zero-order chi connectivity index (χ0) is 13.6. The molecule has 0 spiro atoms. The summed E-state index contributed by atoms with van der Waals surface area (Å²) in [5, 5.41) is 8.97. The van der Waals surface area contributed by atoms with E-state index in [1.54, 1.807) is 0 Å². The number of nitrogens with one attached hydrogen (secondary N) is 1. The topological polar surface area (TPSA) is 83.5 Å². The van der Waals surface area contributed by atoms with Gasteiger partial charge in [0.2, 0.25) is 10.0 Å². The van der Waals surface area contributed by atoms with Gasteiger partial charge in [-0.05, 0) is 18.3 Å². The predicted octanol–water partition coefficient (Wildman–Crippen LogP) is 1.31. The van der Waals surface area contributed by atoms with Crippen LogP contribution >= 0.6 is 0 Å². The maximum Gasteiger partial charge on any atom is 0.307 e. The lowest BCUT2D eigenvalue weighted by atomic mass is 9.98. The molecule has 0 saturated heterocycles. The minimum absolute atomic E-state index is 0.0252. The first-order valence-corrected chi connectivity index (χ1v) is 7.49. The maximum atomic E-state index is 11.5. The van der Waals surface area contributed by atoms with Crippen molar-refractivity contribution >= 4 is 16.0 Å². The quantitative estimate of drug-likeness (QED) is 0.693. The van der Waals surface area contributed by atoms with Gasteiger partial charge >= 0.3 is 5.97 Å². The number of sulfonamides is 1. The van der Waals surface area contributed by atoms with Crippen molar-refractivity contribution < 1.29 is 18.3 Å². The summed E-state index contributed by atoms with van der Waals surface area (Å²) in [7, 11) is -3.36. The highest BCUT2D eigenvalue weighted by Gasteiger charge is 2.22. The number of carboxylic acids is 1. The Labute approximate surface area is 104 Å². The molecule has 0 aliphatic heterocycles. The summed E-state index contributed by atoms with van der Waals surface area (Å²) < 4.78 is 25.5. The third-order valence-electron chi connectivity index (χ3n) is 2.21. The minimum atomic E-state index is -3.36. The number of hydrogen-bond donors (Lipinski definition) is 2. The molecule has 0 aliphatic carbocycles. The summed E-state index contributed by atoms with van der Waals surface area (Å²) in [6.07, 6.45) is 0.472. The lowest BCUT2D eigenvalue weighted by Crippen LogP contribution is -2.35. The Morgan fingerprint density at radius 1 is 1.18 bits per heavy atom. The number of rotatable bonds is 8. The molecule has 0 aromatic heterocycles. The van der Waals surface area contributed by atoms with Crippen LogP contribution in [0.15, 0.2) is 0 Å². The fourth-order valence-electron chi connectivity index (χ4n) is 1.57. The molecule has 17 heavy (non-hydrogen) atoms. The largest absolute Gasteiger partial charge is 0.481 e. The molecule has 0 radical (unpaired) electrons. The van der Waals surface area contributed by atoms with Gasteiger partial charge in [0.15, 0.2) is 0 Å². The Hall–Kier alpha value is -0.620. The van der Waals surface area contributed by atoms with E-state index in [1.807, 2.05) is 27.7 Å². The first-order valence-electron chi connectivity index (χ1n) is 5.84. The van der Waals surface area contributed by atoms with E-state index < -0.39 is 21.9 Å². The average Bonchev–Trinajstić information content (AvgIpc) is 2.08. The van der Waals surface area contributed by atoms with Gasteiger partial charge in [0.25, 0.3) is 0 Å². The fourth-order valence-corrected chi connectivity index (χ4v) is 3.02. The average molecular weight is 265 g/mol. The normalized spacial score (nSPS) is 14.2. The van der Waals surface area contributed by atoms with Crippen molar-refractivity contribution in [3.8, 4) is 0 Å². The molecule has 1 atom stereocenters. The summed E-state index contributed by atoms with van der Waals surface area (Å²) in [5.41, 5.74) is 0. The zero-order valence-electron chi connectivity index (χ0n) is 10.9. The molecular weight excluding hydrogens is 242 g/mol. The smallest absolute Gasteiger partial charge is 0.307 e. The van der Waals surface area contributed by atoms with Crippen LogP contribution in [-0.2, 0) is 14.8 Å². The summed E-state index contributed by atoms with van der Waals surface area (Å²) in [6.45, 7) is 7.42. The van der Waals surface area contributed by atoms with Crippen LogP contribution in [-0.4, -0.2) is 31.8 Å². The first kappa shape index (κ1) is 16.4. The third kappa shape index (κ3) is 8.15. The summed E-state index contributed by atoms with van der Waals surface area (Å²) in [4.78, 5) is 10.9. The minimum Gasteiger partial charge on any atom is -0.481 e. The van der Waals surface area contributed by atoms with Crippen molar-refractivity contribution in [3.05, 3.63) is 0 Å². The summed E-state index contributed by atoms with van der Waals surface area (Å²) >= 11 is 0. The molecule has 0 aromatic rings. The van der Waals surface area contributed by atoms with Gasteiger partial charge in [-0.3, -0.25) is 4.79 Å². The lowest BCUT2D eigenvalue weighted by Gasteiger charge is -2.16. The number of aliphatic carboxylic acids is 1. The second-order valence-corrected chi connectivity index (χ2v) is 7.04. The van der Waals surface area contributed by atoms with Gasteiger partial charge in [-0.15, -0.1) is 0 Å². The molecule has 0 saturated carbocycles. The molecule has 0 fully saturated rings. The van der Waals surface area contributed by atoms with Crippen LogP contribution in [0, 0.1) is 17.8 Å². The van der Waals surface area contributed by atoms with E-state index in [-0.39, 0.29) is 24.1 Å². The molecule has 0 bridgehead atoms. The Balaban J connectivity index is 4.35. The maximum absolute atomic E-state index is 11.5. The van der Waals surface area contributed by atoms with E-state index in [1.165, 1.54) is 0 Å². The van der Waals surface area contributed by atoms with Crippen molar-refractivity contribution in [1.82, 2.24) is 4.72 Å². The third-order valence-corrected chi connectivity index (χ3v) is 3.92. The van der Waals surface area contributed by atoms with Crippen molar-refractivity contribution in [2.24, 2.45) is 17.8 Å². The van der Waals surface area contributed by atoms with Gasteiger partial charge in [-0.2, -0.15) is 0 Å². The highest BCUT2D eigenvalue weighted by molar-refractivity contribution is 7.89. The standard InChI is InChI=1S/C11H23NO4S/c1-8(2)5-10(11(13)14)6-12-17(15,16)7-9(3)4/h8-10,12H,5-7H2,1-4H3,(H,13,14). The van der Waals surface area contributed by atoms with Gasteiger partial charge in [-0.1, -0.05) is 27.7 Å². The number of carbonyl (C=O) groups is 1. The number of hydrogen-bond acceptors (Lipinski definition) is 3. The Morgan fingerprint density at radius 3 is 2.06 bits per heavy atom. The molecule has 0 aliphatic rings. The Morgan fingerprint density at radius 2 is 1.71 bits per heavy atom. The zero-order valence-corrected chi connectivity index (χ0v) is 11.8. The molecule has 6 heteroatoms. The molecule has 102 valence electrons. The van der Waals surface area contributed by atoms with E-state index in [9.17, 15) is 13.2 Å². The molecule has 0 amide bonds. The Bertz CT molecular complexity index is 335. The van der Waals surface area contributed by atoms with Crippen LogP contribution < -0.4 is 4.72 Å². The van der Waals surface area contributed by atoms with Crippen LogP contribution in [0.3, 0.4) is 0 Å². The molecule has 5 nitrogen and oxygen atoms in total. The van der Waals surface area contributed by atoms with Crippen molar-refractivity contribution in [2.45, 2.75) is 34.1 Å². The molecule has 2 N–H and O–H groups in total. The van der Waals surface area contributed by atoms with E-state index in [4.69, 9.17) is 5.11 Å². The summed E-state index contributed by atoms with van der Waals surface area (Å²) in [6, 6.07) is 0. The second kappa shape index (κ2) is 6.96. The van der Waals surface area contributed by atoms with E-state index in [0.717, 1.165) is 0 Å². The van der Waals surface area contributed by atoms with Crippen molar-refractivity contribution in [1.29, 1.82) is 0 Å². The van der Waals surface area contributed by atoms with Crippen molar-refractivity contribution in [2.75, 3.05) is 12.3 Å². The van der Waals surface area contributed by atoms with Gasteiger partial charge in [0.1, 0.15) is 0 Å². The number of carboxylic acid groups (broad SMARTS) is 1. The van der Waals surface area contributed by atoms with E-state index in [0.29, 0.717) is 6.42 Å². The van der Waals surface area contributed by atoms with Crippen LogP contribution in [0.4, 0.5) is 0 Å². The van der Waals surface area contributed by atoms with E-state index >= 15 is 0 Å². The van der Waals surface area contributed by atoms with Crippen LogP contribution in [0.1, 0.15) is 34.1 Å². The van der Waals surface area contributed by atoms with Gasteiger partial charge in [-0.25, -0.2) is 13.1 Å².